The van der Waals surface area contributed by atoms with Crippen molar-refractivity contribution < 1.29 is 9.50 Å². The Morgan fingerprint density at radius 1 is 1.60 bits per heavy atom. The lowest BCUT2D eigenvalue weighted by molar-refractivity contribution is 0.0612. The largest absolute Gasteiger partial charge is 0.390 e. The minimum atomic E-state index is -1.25. The number of rotatable bonds is 1. The predicted octanol–water partition coefficient (Wildman–Crippen LogP) is -0.0321. The fraction of sp³-hybridized carbons (Fsp3) is 0.556. The fourth-order valence-corrected chi connectivity index (χ4v) is 1.59. The number of aromatic nitrogens is 2. The van der Waals surface area contributed by atoms with Crippen molar-refractivity contribution in [2.75, 3.05) is 23.7 Å². The maximum absolute atomic E-state index is 13.2. The molecule has 6 heteroatoms. The number of anilines is 2. The zero-order chi connectivity index (χ0) is 10.8. The van der Waals surface area contributed by atoms with Gasteiger partial charge in [0.2, 0.25) is 5.95 Å². The Morgan fingerprint density at radius 3 is 3.07 bits per heavy atom. The van der Waals surface area contributed by atoms with Gasteiger partial charge in [0.05, 0.1) is 12.6 Å². The number of alkyl halides is 1. The lowest BCUT2D eigenvalue weighted by Gasteiger charge is -2.32. The summed E-state index contributed by atoms with van der Waals surface area (Å²) >= 11 is 0. The van der Waals surface area contributed by atoms with Crippen LogP contribution in [0, 0.1) is 0 Å². The molecule has 1 fully saturated rings. The highest BCUT2D eigenvalue weighted by molar-refractivity contribution is 5.38. The second-order valence-electron chi connectivity index (χ2n) is 3.60. The van der Waals surface area contributed by atoms with E-state index in [4.69, 9.17) is 5.73 Å². The van der Waals surface area contributed by atoms with Gasteiger partial charge in [0.1, 0.15) is 12.0 Å². The molecule has 1 aliphatic rings. The van der Waals surface area contributed by atoms with Crippen LogP contribution in [0.1, 0.15) is 6.42 Å². The van der Waals surface area contributed by atoms with Crippen LogP contribution in [-0.4, -0.2) is 40.4 Å². The topological polar surface area (TPSA) is 75.3 Å². The molecule has 1 aliphatic heterocycles. The molecule has 3 N–H and O–H groups in total. The van der Waals surface area contributed by atoms with E-state index in [1.807, 2.05) is 0 Å². The number of nitrogens with zero attached hydrogens (tertiary/aromatic N) is 3. The third kappa shape index (κ3) is 2.15. The summed E-state index contributed by atoms with van der Waals surface area (Å²) in [4.78, 5) is 9.70. The molecule has 5 nitrogen and oxygen atoms in total. The van der Waals surface area contributed by atoms with E-state index in [-0.39, 0.29) is 6.54 Å². The molecule has 1 saturated heterocycles. The van der Waals surface area contributed by atoms with Crippen molar-refractivity contribution in [2.45, 2.75) is 18.7 Å². The number of hydrogen-bond acceptors (Lipinski definition) is 5. The van der Waals surface area contributed by atoms with E-state index in [9.17, 15) is 9.50 Å². The first-order valence-corrected chi connectivity index (χ1v) is 4.82. The van der Waals surface area contributed by atoms with E-state index >= 15 is 0 Å². The first-order valence-electron chi connectivity index (χ1n) is 4.82. The van der Waals surface area contributed by atoms with Crippen LogP contribution in [0.3, 0.4) is 0 Å². The summed E-state index contributed by atoms with van der Waals surface area (Å²) in [5.41, 5.74) is 5.51. The number of aliphatic hydroxyl groups excluding tert-OH is 1. The van der Waals surface area contributed by atoms with E-state index in [1.165, 1.54) is 6.20 Å². The van der Waals surface area contributed by atoms with Crippen molar-refractivity contribution in [1.82, 2.24) is 9.97 Å². The maximum Gasteiger partial charge on any atom is 0.227 e. The molecule has 0 saturated carbocycles. The number of hydrogen-bond donors (Lipinski definition) is 2. The van der Waals surface area contributed by atoms with Crippen molar-refractivity contribution in [3.8, 4) is 0 Å². The molecule has 1 aromatic rings. The third-order valence-electron chi connectivity index (χ3n) is 2.45. The van der Waals surface area contributed by atoms with Gasteiger partial charge in [0.25, 0.3) is 0 Å². The summed E-state index contributed by atoms with van der Waals surface area (Å²) in [6.45, 7) is 0.662. The maximum atomic E-state index is 13.2. The van der Waals surface area contributed by atoms with Crippen LogP contribution >= 0.6 is 0 Å². The number of piperidine rings is 1. The Hall–Kier alpha value is -1.43. The highest BCUT2D eigenvalue weighted by Gasteiger charge is 2.28. The molecule has 2 heterocycles. The van der Waals surface area contributed by atoms with E-state index in [0.29, 0.717) is 24.7 Å². The Kier molecular flexibility index (Phi) is 2.68. The smallest absolute Gasteiger partial charge is 0.227 e. The van der Waals surface area contributed by atoms with E-state index in [1.54, 1.807) is 11.0 Å². The molecular formula is C9H13FN4O. The standard InChI is InChI=1S/C9H13FN4O/c10-6-5-14(4-2-7(6)15)9-12-3-1-8(11)13-9/h1,3,6-7,15H,2,4-5H2,(H2,11,12,13)/t6-,7?/m1/s1. The third-order valence-corrected chi connectivity index (χ3v) is 2.45. The zero-order valence-electron chi connectivity index (χ0n) is 8.17. The molecule has 2 rings (SSSR count). The summed E-state index contributed by atoms with van der Waals surface area (Å²) in [7, 11) is 0. The molecule has 2 atom stereocenters. The predicted molar refractivity (Wildman–Crippen MR) is 54.2 cm³/mol. The number of nitrogen functional groups attached to an aromatic ring is 1. The lowest BCUT2D eigenvalue weighted by atomic mass is 10.1. The summed E-state index contributed by atoms with van der Waals surface area (Å²) in [5.74, 6) is 0.783. The van der Waals surface area contributed by atoms with Crippen LogP contribution in [0.5, 0.6) is 0 Å². The van der Waals surface area contributed by atoms with Gasteiger partial charge in [0.15, 0.2) is 0 Å². The van der Waals surface area contributed by atoms with Gasteiger partial charge in [0, 0.05) is 12.7 Å². The van der Waals surface area contributed by atoms with Crippen LogP contribution in [0.4, 0.5) is 16.2 Å². The van der Waals surface area contributed by atoms with Gasteiger partial charge in [-0.15, -0.1) is 0 Å². The summed E-state index contributed by atoms with van der Waals surface area (Å²) < 4.78 is 13.2. The molecule has 0 bridgehead atoms. The van der Waals surface area contributed by atoms with Crippen molar-refractivity contribution in [3.63, 3.8) is 0 Å². The zero-order valence-corrected chi connectivity index (χ0v) is 8.17. The minimum absolute atomic E-state index is 0.116. The molecular weight excluding hydrogens is 199 g/mol. The van der Waals surface area contributed by atoms with E-state index in [0.717, 1.165) is 0 Å². The minimum Gasteiger partial charge on any atom is -0.390 e. The Morgan fingerprint density at radius 2 is 2.40 bits per heavy atom. The molecule has 1 unspecified atom stereocenters. The normalized spacial score (nSPS) is 26.7. The summed E-state index contributed by atoms with van der Waals surface area (Å²) in [5, 5.41) is 9.23. The SMILES string of the molecule is Nc1ccnc(N2CCC(O)[C@H](F)C2)n1. The van der Waals surface area contributed by atoms with Gasteiger partial charge in [-0.2, -0.15) is 4.98 Å². The van der Waals surface area contributed by atoms with Crippen molar-refractivity contribution in [2.24, 2.45) is 0 Å². The van der Waals surface area contributed by atoms with Gasteiger partial charge in [-0.1, -0.05) is 0 Å². The fourth-order valence-electron chi connectivity index (χ4n) is 1.59. The van der Waals surface area contributed by atoms with Gasteiger partial charge in [-0.3, -0.25) is 0 Å². The van der Waals surface area contributed by atoms with Gasteiger partial charge in [-0.25, -0.2) is 9.37 Å². The van der Waals surface area contributed by atoms with Crippen LogP contribution in [-0.2, 0) is 0 Å². The molecule has 0 spiro atoms. The van der Waals surface area contributed by atoms with Gasteiger partial charge >= 0.3 is 0 Å². The molecule has 0 aliphatic carbocycles. The molecule has 0 radical (unpaired) electrons. The quantitative estimate of drug-likeness (QED) is 0.683. The number of nitrogens with two attached hydrogens (primary N) is 1. The van der Waals surface area contributed by atoms with Crippen molar-refractivity contribution in [3.05, 3.63) is 12.3 Å². The molecule has 0 aromatic carbocycles. The summed E-state index contributed by atoms with van der Waals surface area (Å²) in [6.07, 6.45) is -0.194. The first kappa shape index (κ1) is 10.1. The lowest BCUT2D eigenvalue weighted by Crippen LogP contribution is -2.45. The molecule has 1 aromatic heterocycles. The van der Waals surface area contributed by atoms with Crippen LogP contribution in [0.25, 0.3) is 0 Å². The van der Waals surface area contributed by atoms with Crippen molar-refractivity contribution >= 4 is 11.8 Å². The molecule has 82 valence electrons. The van der Waals surface area contributed by atoms with Gasteiger partial charge < -0.3 is 15.7 Å². The Bertz CT molecular complexity index is 349. The first-order chi connectivity index (χ1) is 7.16. The van der Waals surface area contributed by atoms with Crippen LogP contribution in [0.15, 0.2) is 12.3 Å². The van der Waals surface area contributed by atoms with E-state index < -0.39 is 12.3 Å². The van der Waals surface area contributed by atoms with E-state index in [2.05, 4.69) is 9.97 Å². The van der Waals surface area contributed by atoms with Crippen LogP contribution < -0.4 is 10.6 Å². The average Bonchev–Trinajstić information content (AvgIpc) is 2.22. The van der Waals surface area contributed by atoms with Gasteiger partial charge in [-0.05, 0) is 12.5 Å². The second kappa shape index (κ2) is 3.98. The number of aliphatic hydroxyl groups is 1. The highest BCUT2D eigenvalue weighted by atomic mass is 19.1. The van der Waals surface area contributed by atoms with Crippen LogP contribution in [0.2, 0.25) is 0 Å². The van der Waals surface area contributed by atoms with Crippen molar-refractivity contribution in [1.29, 1.82) is 0 Å². The average molecular weight is 212 g/mol. The second-order valence-corrected chi connectivity index (χ2v) is 3.60. The Balaban J connectivity index is 2.12. The molecule has 0 amide bonds. The Labute approximate surface area is 86.7 Å². The summed E-state index contributed by atoms with van der Waals surface area (Å²) in [6, 6.07) is 1.58. The highest BCUT2D eigenvalue weighted by Crippen LogP contribution is 2.18. The monoisotopic (exact) mass is 212 g/mol. The number of halogens is 1. The molecule has 15 heavy (non-hydrogen) atoms.